The molecule has 0 bridgehead atoms. The zero-order valence-electron chi connectivity index (χ0n) is 21.2. The van der Waals surface area contributed by atoms with E-state index in [0.29, 0.717) is 25.1 Å². The van der Waals surface area contributed by atoms with Gasteiger partial charge in [-0.15, -0.1) is 0 Å². The Balaban J connectivity index is 1.57. The minimum Gasteiger partial charge on any atom is -0.497 e. The van der Waals surface area contributed by atoms with Crippen LogP contribution in [0.5, 0.6) is 5.75 Å². The second-order valence-corrected chi connectivity index (χ2v) is 9.82. The second-order valence-electron chi connectivity index (χ2n) is 9.82. The van der Waals surface area contributed by atoms with Gasteiger partial charge in [0.1, 0.15) is 5.75 Å². The third-order valence-electron chi connectivity index (χ3n) is 7.76. The van der Waals surface area contributed by atoms with Crippen molar-refractivity contribution < 1.29 is 19.4 Å². The van der Waals surface area contributed by atoms with Crippen molar-refractivity contribution in [1.29, 1.82) is 0 Å². The maximum Gasteiger partial charge on any atom is 0.310 e. The van der Waals surface area contributed by atoms with E-state index in [1.807, 2.05) is 59.5 Å². The number of carboxylic acids is 1. The molecule has 0 aromatic heterocycles. The highest BCUT2D eigenvalue weighted by atomic mass is 16.5. The molecule has 5 rings (SSSR count). The molecule has 1 aliphatic carbocycles. The minimum atomic E-state index is -0.824. The molecule has 188 valence electrons. The molecule has 1 heterocycles. The molecule has 3 aromatic carbocycles. The van der Waals surface area contributed by atoms with E-state index in [0.717, 1.165) is 28.9 Å². The summed E-state index contributed by atoms with van der Waals surface area (Å²) in [5, 5.41) is 9.76. The molecule has 2 aliphatic rings. The Bertz CT molecular complexity index is 1370. The van der Waals surface area contributed by atoms with Crippen molar-refractivity contribution in [3.63, 3.8) is 0 Å². The van der Waals surface area contributed by atoms with E-state index in [2.05, 4.69) is 36.4 Å². The molecule has 5 heteroatoms. The number of aliphatic carboxylic acids is 1. The Labute approximate surface area is 217 Å². The molecule has 1 aliphatic heterocycles. The summed E-state index contributed by atoms with van der Waals surface area (Å²) in [6.07, 6.45) is 7.45. The van der Waals surface area contributed by atoms with E-state index >= 15 is 0 Å². The molecule has 1 amide bonds. The van der Waals surface area contributed by atoms with Gasteiger partial charge in [0, 0.05) is 24.1 Å². The van der Waals surface area contributed by atoms with Crippen LogP contribution in [0.1, 0.15) is 46.0 Å². The fourth-order valence-electron chi connectivity index (χ4n) is 5.62. The number of carbonyl (C=O) groups excluding carboxylic acids is 1. The summed E-state index contributed by atoms with van der Waals surface area (Å²) in [6, 6.07) is 23.8. The molecular weight excluding hydrogens is 462 g/mol. The number of ether oxygens (including phenoxy) is 1. The lowest BCUT2D eigenvalue weighted by Gasteiger charge is -2.40. The first-order chi connectivity index (χ1) is 17.9. The van der Waals surface area contributed by atoms with Crippen LogP contribution in [0.25, 0.3) is 0 Å². The van der Waals surface area contributed by atoms with Gasteiger partial charge in [0.25, 0.3) is 5.91 Å². The predicted molar refractivity (Wildman–Crippen MR) is 144 cm³/mol. The average Bonchev–Trinajstić information content (AvgIpc) is 2.96. The summed E-state index contributed by atoms with van der Waals surface area (Å²) in [4.78, 5) is 27.0. The Morgan fingerprint density at radius 1 is 1.00 bits per heavy atom. The fourth-order valence-corrected chi connectivity index (χ4v) is 5.62. The highest BCUT2D eigenvalue weighted by Gasteiger charge is 2.39. The van der Waals surface area contributed by atoms with Crippen molar-refractivity contribution in [1.82, 2.24) is 4.90 Å². The topological polar surface area (TPSA) is 66.8 Å². The van der Waals surface area contributed by atoms with E-state index in [4.69, 9.17) is 4.74 Å². The molecule has 3 aromatic rings. The van der Waals surface area contributed by atoms with E-state index < -0.39 is 17.3 Å². The standard InChI is InChI=1S/C32H31NO4/c1-22(31(35)36)24-11-7-18-32(20-24,26-13-15-27(37-2)16-14-26)29-12-6-10-25-21-33(19-17-28(25)29)30(34)23-8-4-3-5-9-23/h3-16,18,22H,17,19-21H2,1-2H3,(H,35,36). The fraction of sp³-hybridized carbons (Fsp3) is 0.250. The third kappa shape index (κ3) is 4.57. The Morgan fingerprint density at radius 3 is 2.46 bits per heavy atom. The van der Waals surface area contributed by atoms with Crippen LogP contribution in [0.2, 0.25) is 0 Å². The molecule has 37 heavy (non-hydrogen) atoms. The van der Waals surface area contributed by atoms with Gasteiger partial charge < -0.3 is 14.7 Å². The van der Waals surface area contributed by atoms with Crippen molar-refractivity contribution in [2.24, 2.45) is 5.92 Å². The van der Waals surface area contributed by atoms with Crippen LogP contribution < -0.4 is 4.74 Å². The number of amides is 1. The molecule has 0 saturated carbocycles. The lowest BCUT2D eigenvalue weighted by atomic mass is 9.65. The van der Waals surface area contributed by atoms with Gasteiger partial charge in [-0.05, 0) is 66.3 Å². The number of carbonyl (C=O) groups is 2. The molecule has 0 fully saturated rings. The summed E-state index contributed by atoms with van der Waals surface area (Å²) >= 11 is 0. The number of methoxy groups -OCH3 is 1. The molecule has 5 nitrogen and oxygen atoms in total. The van der Waals surface area contributed by atoms with Crippen molar-refractivity contribution in [2.45, 2.75) is 31.7 Å². The van der Waals surface area contributed by atoms with Crippen molar-refractivity contribution in [3.05, 3.63) is 124 Å². The van der Waals surface area contributed by atoms with Crippen LogP contribution in [0.3, 0.4) is 0 Å². The van der Waals surface area contributed by atoms with E-state index in [-0.39, 0.29) is 5.91 Å². The van der Waals surface area contributed by atoms with Gasteiger partial charge in [0.15, 0.2) is 0 Å². The van der Waals surface area contributed by atoms with Crippen LogP contribution in [0, 0.1) is 5.92 Å². The zero-order valence-corrected chi connectivity index (χ0v) is 21.2. The van der Waals surface area contributed by atoms with Gasteiger partial charge >= 0.3 is 5.97 Å². The van der Waals surface area contributed by atoms with Gasteiger partial charge in [-0.3, -0.25) is 9.59 Å². The van der Waals surface area contributed by atoms with Gasteiger partial charge in [-0.1, -0.05) is 72.3 Å². The van der Waals surface area contributed by atoms with Crippen LogP contribution in [0.4, 0.5) is 0 Å². The SMILES string of the molecule is COc1ccc(C2(c3cccc4c3CCN(C(=O)c3ccccc3)C4)C=CC=C(C(C)C(=O)O)C2)cc1. The number of nitrogens with zero attached hydrogens (tertiary/aromatic N) is 1. The van der Waals surface area contributed by atoms with Crippen molar-refractivity contribution in [3.8, 4) is 5.75 Å². The van der Waals surface area contributed by atoms with Crippen molar-refractivity contribution >= 4 is 11.9 Å². The van der Waals surface area contributed by atoms with E-state index in [9.17, 15) is 14.7 Å². The number of rotatable bonds is 6. The first kappa shape index (κ1) is 24.6. The Hall–Kier alpha value is -4.12. The summed E-state index contributed by atoms with van der Waals surface area (Å²) in [5.41, 5.74) is 5.70. The van der Waals surface area contributed by atoms with Gasteiger partial charge in [-0.2, -0.15) is 0 Å². The minimum absolute atomic E-state index is 0.0413. The number of carboxylic acid groups (broad SMARTS) is 1. The number of benzene rings is 3. The highest BCUT2D eigenvalue weighted by Crippen LogP contribution is 2.46. The smallest absolute Gasteiger partial charge is 0.310 e. The lowest BCUT2D eigenvalue weighted by Crippen LogP contribution is -2.38. The van der Waals surface area contributed by atoms with Crippen molar-refractivity contribution in [2.75, 3.05) is 13.7 Å². The summed E-state index contributed by atoms with van der Waals surface area (Å²) in [5.74, 6) is -0.588. The van der Waals surface area contributed by atoms with Gasteiger partial charge in [0.2, 0.25) is 0 Å². The lowest BCUT2D eigenvalue weighted by molar-refractivity contribution is -0.139. The summed E-state index contributed by atoms with van der Waals surface area (Å²) in [7, 11) is 1.65. The number of hydrogen-bond donors (Lipinski definition) is 1. The number of fused-ring (bicyclic) bond motifs is 1. The van der Waals surface area contributed by atoms with Crippen LogP contribution in [-0.2, 0) is 23.2 Å². The molecule has 2 atom stereocenters. The monoisotopic (exact) mass is 493 g/mol. The molecule has 0 saturated heterocycles. The number of allylic oxidation sites excluding steroid dienone is 3. The van der Waals surface area contributed by atoms with Gasteiger partial charge in [0.05, 0.1) is 13.0 Å². The molecule has 0 radical (unpaired) electrons. The van der Waals surface area contributed by atoms with E-state index in [1.54, 1.807) is 14.0 Å². The molecular formula is C32H31NO4. The molecule has 2 unspecified atom stereocenters. The van der Waals surface area contributed by atoms with Crippen LogP contribution in [-0.4, -0.2) is 35.5 Å². The number of hydrogen-bond acceptors (Lipinski definition) is 3. The quantitative estimate of drug-likeness (QED) is 0.472. The summed E-state index contributed by atoms with van der Waals surface area (Å²) in [6.45, 7) is 2.93. The Morgan fingerprint density at radius 2 is 1.76 bits per heavy atom. The largest absolute Gasteiger partial charge is 0.497 e. The summed E-state index contributed by atoms with van der Waals surface area (Å²) < 4.78 is 5.40. The first-order valence-electron chi connectivity index (χ1n) is 12.6. The Kier molecular flexibility index (Phi) is 6.70. The normalized spacial score (nSPS) is 19.5. The van der Waals surface area contributed by atoms with E-state index in [1.165, 1.54) is 11.1 Å². The maximum atomic E-state index is 13.2. The average molecular weight is 494 g/mol. The zero-order chi connectivity index (χ0) is 26.0. The third-order valence-corrected chi connectivity index (χ3v) is 7.76. The van der Waals surface area contributed by atoms with Gasteiger partial charge in [-0.25, -0.2) is 0 Å². The highest BCUT2D eigenvalue weighted by molar-refractivity contribution is 5.94. The predicted octanol–water partition coefficient (Wildman–Crippen LogP) is 5.79. The van der Waals surface area contributed by atoms with Crippen LogP contribution >= 0.6 is 0 Å². The molecule has 0 spiro atoms. The first-order valence-corrected chi connectivity index (χ1v) is 12.6. The molecule has 1 N–H and O–H groups in total. The second kappa shape index (κ2) is 10.1. The maximum absolute atomic E-state index is 13.2. The van der Waals surface area contributed by atoms with Crippen LogP contribution in [0.15, 0.2) is 96.6 Å².